The van der Waals surface area contributed by atoms with E-state index in [2.05, 4.69) is 41.8 Å². The number of rotatable bonds is 4. The molecule has 4 heterocycles. The van der Waals surface area contributed by atoms with E-state index in [1.807, 2.05) is 0 Å². The van der Waals surface area contributed by atoms with Gasteiger partial charge in [0.2, 0.25) is 5.79 Å². The van der Waals surface area contributed by atoms with Crippen LogP contribution >= 0.6 is 31.9 Å². The number of piperidine rings is 2. The quantitative estimate of drug-likeness (QED) is 0.389. The summed E-state index contributed by atoms with van der Waals surface area (Å²) in [5.74, 6) is -4.69. The van der Waals surface area contributed by atoms with E-state index in [0.29, 0.717) is 20.3 Å². The molecule has 2 aliphatic heterocycles. The molecule has 10 nitrogen and oxygen atoms in total. The number of aliphatic hydroxyl groups is 2. The molecular formula is C23H26Br2N4O6. The Balaban J connectivity index is 2.14. The minimum Gasteiger partial charge on any atom is -0.468 e. The number of likely N-dealkylation sites (tertiary alicyclic amines) is 2. The molecule has 0 aromatic carbocycles. The zero-order valence-electron chi connectivity index (χ0n) is 19.6. The highest BCUT2D eigenvalue weighted by Gasteiger charge is 2.82. The Labute approximate surface area is 219 Å². The first-order valence-corrected chi connectivity index (χ1v) is 12.3. The largest absolute Gasteiger partial charge is 0.468 e. The van der Waals surface area contributed by atoms with Gasteiger partial charge in [0.05, 0.1) is 37.7 Å². The van der Waals surface area contributed by atoms with Crippen LogP contribution in [0.25, 0.3) is 0 Å². The Morgan fingerprint density at radius 2 is 1.31 bits per heavy atom. The SMILES string of the molecule is COC(=O)[C@@]12CN(C)C[C@@](C(=O)OC)([C@@H](c3cc(Br)ccn3)N(C)[C@H]1c1cc(Br)ccn1)C2(O)O. The molecule has 2 bridgehead atoms. The van der Waals surface area contributed by atoms with Crippen molar-refractivity contribution >= 4 is 43.8 Å². The summed E-state index contributed by atoms with van der Waals surface area (Å²) in [6.45, 7) is -0.236. The molecular weight excluding hydrogens is 588 g/mol. The van der Waals surface area contributed by atoms with E-state index in [1.54, 1.807) is 60.6 Å². The number of ether oxygens (including phenoxy) is 2. The van der Waals surface area contributed by atoms with Crippen LogP contribution in [0.4, 0.5) is 0 Å². The lowest BCUT2D eigenvalue weighted by atomic mass is 9.51. The molecule has 2 fully saturated rings. The summed E-state index contributed by atoms with van der Waals surface area (Å²) in [7, 11) is 5.76. The predicted octanol–water partition coefficient (Wildman–Crippen LogP) is 1.67. The van der Waals surface area contributed by atoms with Crippen molar-refractivity contribution in [2.45, 2.75) is 17.9 Å². The first-order valence-electron chi connectivity index (χ1n) is 10.7. The van der Waals surface area contributed by atoms with Crippen molar-refractivity contribution in [3.63, 3.8) is 0 Å². The number of pyridine rings is 2. The molecule has 2 aromatic rings. The summed E-state index contributed by atoms with van der Waals surface area (Å²) < 4.78 is 11.7. The number of esters is 2. The Morgan fingerprint density at radius 1 is 0.914 bits per heavy atom. The van der Waals surface area contributed by atoms with Crippen LogP contribution in [-0.4, -0.2) is 89.1 Å². The molecule has 0 amide bonds. The molecule has 4 rings (SSSR count). The first-order chi connectivity index (χ1) is 16.5. The van der Waals surface area contributed by atoms with Crippen molar-refractivity contribution in [2.75, 3.05) is 41.4 Å². The van der Waals surface area contributed by atoms with Crippen LogP contribution in [-0.2, 0) is 19.1 Å². The minimum atomic E-state index is -2.91. The predicted molar refractivity (Wildman–Crippen MR) is 131 cm³/mol. The zero-order valence-corrected chi connectivity index (χ0v) is 22.8. The number of carbonyl (C=O) groups is 2. The third-order valence-corrected chi connectivity index (χ3v) is 8.16. The van der Waals surface area contributed by atoms with Gasteiger partial charge in [-0.15, -0.1) is 0 Å². The van der Waals surface area contributed by atoms with Gasteiger partial charge in [0.15, 0.2) is 10.8 Å². The van der Waals surface area contributed by atoms with Crippen LogP contribution in [0.2, 0.25) is 0 Å². The maximum atomic E-state index is 13.6. The Hall–Kier alpha value is -1.96. The van der Waals surface area contributed by atoms with Gasteiger partial charge in [0, 0.05) is 34.4 Å². The summed E-state index contributed by atoms with van der Waals surface area (Å²) in [4.78, 5) is 39.6. The number of hydrogen-bond acceptors (Lipinski definition) is 10. The highest BCUT2D eigenvalue weighted by atomic mass is 79.9. The van der Waals surface area contributed by atoms with E-state index in [-0.39, 0.29) is 13.1 Å². The second-order valence-electron chi connectivity index (χ2n) is 9.04. The molecule has 2 aliphatic rings. The molecule has 2 aromatic heterocycles. The topological polar surface area (TPSA) is 125 Å². The molecule has 35 heavy (non-hydrogen) atoms. The van der Waals surface area contributed by atoms with Crippen LogP contribution in [0.15, 0.2) is 45.6 Å². The monoisotopic (exact) mass is 612 g/mol. The number of carbonyl (C=O) groups excluding carboxylic acids is 2. The lowest BCUT2D eigenvalue weighted by molar-refractivity contribution is -0.374. The van der Waals surface area contributed by atoms with Gasteiger partial charge in [0.1, 0.15) is 0 Å². The molecule has 188 valence electrons. The van der Waals surface area contributed by atoms with E-state index in [9.17, 15) is 19.8 Å². The number of nitrogens with zero attached hydrogens (tertiary/aromatic N) is 4. The van der Waals surface area contributed by atoms with Crippen molar-refractivity contribution in [1.82, 2.24) is 19.8 Å². The second-order valence-corrected chi connectivity index (χ2v) is 10.9. The van der Waals surface area contributed by atoms with Gasteiger partial charge in [-0.3, -0.25) is 24.5 Å². The molecule has 0 aliphatic carbocycles. The maximum Gasteiger partial charge on any atom is 0.320 e. The van der Waals surface area contributed by atoms with Gasteiger partial charge in [-0.1, -0.05) is 31.9 Å². The average Bonchev–Trinajstić information content (AvgIpc) is 2.80. The number of halogens is 2. The Morgan fingerprint density at radius 3 is 1.66 bits per heavy atom. The standard InChI is InChI=1S/C23H26Br2N4O6/c1-28-11-21(19(30)34-3)17(15-9-13(24)5-7-26-15)29(2)18(16-10-14(25)6-8-27-16)22(12-28,20(31)35-4)23(21,32)33/h5-10,17-18,32-33H,11-12H2,1-4H3/t17-,18+,21+,22-. The van der Waals surface area contributed by atoms with Gasteiger partial charge < -0.3 is 24.6 Å². The van der Waals surface area contributed by atoms with Crippen LogP contribution in [0.1, 0.15) is 23.5 Å². The summed E-state index contributed by atoms with van der Waals surface area (Å²) in [6.07, 6.45) is 3.10. The van der Waals surface area contributed by atoms with E-state index < -0.39 is 40.6 Å². The molecule has 4 atom stereocenters. The van der Waals surface area contributed by atoms with Crippen molar-refractivity contribution in [1.29, 1.82) is 0 Å². The molecule has 0 spiro atoms. The van der Waals surface area contributed by atoms with E-state index in [1.165, 1.54) is 14.2 Å². The van der Waals surface area contributed by atoms with Gasteiger partial charge in [0.25, 0.3) is 0 Å². The van der Waals surface area contributed by atoms with Crippen molar-refractivity contribution in [3.8, 4) is 0 Å². The van der Waals surface area contributed by atoms with Crippen LogP contribution in [0, 0.1) is 10.8 Å². The fourth-order valence-corrected chi connectivity index (χ4v) is 6.69. The third kappa shape index (κ3) is 3.57. The minimum absolute atomic E-state index is 0.118. The van der Waals surface area contributed by atoms with Crippen molar-refractivity contribution < 1.29 is 29.3 Å². The van der Waals surface area contributed by atoms with Crippen LogP contribution in [0.3, 0.4) is 0 Å². The summed E-state index contributed by atoms with van der Waals surface area (Å²) in [5, 5.41) is 24.2. The van der Waals surface area contributed by atoms with Crippen LogP contribution < -0.4 is 0 Å². The highest BCUT2D eigenvalue weighted by Crippen LogP contribution is 2.66. The molecule has 2 saturated heterocycles. The summed E-state index contributed by atoms with van der Waals surface area (Å²) in [5.41, 5.74) is -3.30. The van der Waals surface area contributed by atoms with E-state index in [0.717, 1.165) is 0 Å². The normalized spacial score (nSPS) is 30.5. The maximum absolute atomic E-state index is 13.6. The Bertz CT molecular complexity index is 1080. The smallest absolute Gasteiger partial charge is 0.320 e. The fourth-order valence-electron chi connectivity index (χ4n) is 5.99. The molecule has 12 heteroatoms. The van der Waals surface area contributed by atoms with Gasteiger partial charge in [-0.05, 0) is 38.4 Å². The van der Waals surface area contributed by atoms with Crippen molar-refractivity contribution in [3.05, 3.63) is 57.0 Å². The van der Waals surface area contributed by atoms with Gasteiger partial charge >= 0.3 is 11.9 Å². The Kier molecular flexibility index (Phi) is 6.84. The number of hydrogen-bond donors (Lipinski definition) is 2. The molecule has 2 N–H and O–H groups in total. The van der Waals surface area contributed by atoms with Gasteiger partial charge in [-0.2, -0.15) is 0 Å². The van der Waals surface area contributed by atoms with Crippen molar-refractivity contribution in [2.24, 2.45) is 10.8 Å². The lowest BCUT2D eigenvalue weighted by Gasteiger charge is -2.67. The second kappa shape index (κ2) is 9.16. The molecule has 0 saturated carbocycles. The lowest BCUT2D eigenvalue weighted by Crippen LogP contribution is -2.83. The van der Waals surface area contributed by atoms with E-state index in [4.69, 9.17) is 9.47 Å². The van der Waals surface area contributed by atoms with E-state index >= 15 is 0 Å². The third-order valence-electron chi connectivity index (χ3n) is 7.18. The number of fused-ring (bicyclic) bond motifs is 2. The van der Waals surface area contributed by atoms with Gasteiger partial charge in [-0.25, -0.2) is 0 Å². The van der Waals surface area contributed by atoms with Crippen LogP contribution in [0.5, 0.6) is 0 Å². The molecule has 0 radical (unpaired) electrons. The fraction of sp³-hybridized carbons (Fsp3) is 0.478. The summed E-state index contributed by atoms with van der Waals surface area (Å²) in [6, 6.07) is 4.81. The first kappa shape index (κ1) is 26.1. The molecule has 0 unspecified atom stereocenters. The average molecular weight is 614 g/mol. The highest BCUT2D eigenvalue weighted by molar-refractivity contribution is 9.10. The number of methoxy groups -OCH3 is 2. The summed E-state index contributed by atoms with van der Waals surface area (Å²) >= 11 is 6.88. The zero-order chi connectivity index (χ0) is 25.8. The number of aromatic nitrogens is 2.